The summed E-state index contributed by atoms with van der Waals surface area (Å²) in [6.07, 6.45) is 5.80. The minimum absolute atomic E-state index is 0. The van der Waals surface area contributed by atoms with Gasteiger partial charge in [-0.3, -0.25) is 0 Å². The Morgan fingerprint density at radius 2 is 2.14 bits per heavy atom. The molecule has 0 aliphatic heterocycles. The SMILES string of the molecule is CCNC(=NCC(C)Oc1cccc(F)c1)NCCCCn1ccnc1C.I. The van der Waals surface area contributed by atoms with E-state index in [4.69, 9.17) is 4.74 Å². The first-order chi connectivity index (χ1) is 13.1. The molecule has 2 N–H and O–H groups in total. The molecule has 1 unspecified atom stereocenters. The van der Waals surface area contributed by atoms with Crippen molar-refractivity contribution in [3.8, 4) is 5.75 Å². The number of aryl methyl sites for hydroxylation is 2. The van der Waals surface area contributed by atoms with Gasteiger partial charge in [0, 0.05) is 38.1 Å². The molecule has 156 valence electrons. The third-order valence-corrected chi connectivity index (χ3v) is 4.03. The number of aromatic nitrogens is 2. The Morgan fingerprint density at radius 1 is 1.32 bits per heavy atom. The van der Waals surface area contributed by atoms with Crippen LogP contribution in [-0.2, 0) is 6.54 Å². The zero-order valence-corrected chi connectivity index (χ0v) is 19.2. The molecule has 0 fully saturated rings. The van der Waals surface area contributed by atoms with Crippen LogP contribution in [0.4, 0.5) is 4.39 Å². The van der Waals surface area contributed by atoms with Gasteiger partial charge in [0.05, 0.1) is 6.54 Å². The topological polar surface area (TPSA) is 63.5 Å². The number of rotatable bonds is 10. The molecule has 2 aromatic rings. The van der Waals surface area contributed by atoms with E-state index in [1.165, 1.54) is 12.1 Å². The molecule has 1 atom stereocenters. The van der Waals surface area contributed by atoms with E-state index in [9.17, 15) is 4.39 Å². The summed E-state index contributed by atoms with van der Waals surface area (Å²) >= 11 is 0. The van der Waals surface area contributed by atoms with Crippen molar-refractivity contribution in [3.63, 3.8) is 0 Å². The molecule has 1 aromatic heterocycles. The molecule has 1 heterocycles. The van der Waals surface area contributed by atoms with Crippen molar-refractivity contribution < 1.29 is 9.13 Å². The van der Waals surface area contributed by atoms with Crippen LogP contribution in [0.5, 0.6) is 5.75 Å². The highest BCUT2D eigenvalue weighted by Crippen LogP contribution is 2.13. The molecule has 0 spiro atoms. The average Bonchev–Trinajstić information content (AvgIpc) is 3.04. The number of imidazole rings is 1. The van der Waals surface area contributed by atoms with Gasteiger partial charge < -0.3 is 19.9 Å². The van der Waals surface area contributed by atoms with Crippen LogP contribution in [0, 0.1) is 12.7 Å². The molecule has 28 heavy (non-hydrogen) atoms. The minimum Gasteiger partial charge on any atom is -0.489 e. The third-order valence-electron chi connectivity index (χ3n) is 4.03. The van der Waals surface area contributed by atoms with Gasteiger partial charge in [-0.05, 0) is 45.7 Å². The fourth-order valence-electron chi connectivity index (χ4n) is 2.63. The van der Waals surface area contributed by atoms with Crippen LogP contribution in [0.15, 0.2) is 41.7 Å². The van der Waals surface area contributed by atoms with E-state index >= 15 is 0 Å². The molecular weight excluding hydrogens is 472 g/mol. The van der Waals surface area contributed by atoms with Crippen molar-refractivity contribution in [1.82, 2.24) is 20.2 Å². The average molecular weight is 503 g/mol. The minimum atomic E-state index is -0.302. The lowest BCUT2D eigenvalue weighted by Crippen LogP contribution is -2.38. The highest BCUT2D eigenvalue weighted by atomic mass is 127. The second-order valence-electron chi connectivity index (χ2n) is 6.41. The molecule has 0 saturated carbocycles. The van der Waals surface area contributed by atoms with Crippen LogP contribution in [-0.4, -0.2) is 41.2 Å². The summed E-state index contributed by atoms with van der Waals surface area (Å²) in [6, 6.07) is 6.16. The van der Waals surface area contributed by atoms with Crippen molar-refractivity contribution in [2.24, 2.45) is 4.99 Å². The number of guanidine groups is 1. The van der Waals surface area contributed by atoms with E-state index in [0.29, 0.717) is 12.3 Å². The van der Waals surface area contributed by atoms with E-state index in [1.54, 1.807) is 12.1 Å². The summed E-state index contributed by atoms with van der Waals surface area (Å²) in [6.45, 7) is 9.07. The van der Waals surface area contributed by atoms with Crippen LogP contribution in [0.25, 0.3) is 0 Å². The molecule has 2 rings (SSSR count). The van der Waals surface area contributed by atoms with Crippen LogP contribution >= 0.6 is 24.0 Å². The van der Waals surface area contributed by atoms with Crippen LogP contribution in [0.2, 0.25) is 0 Å². The largest absolute Gasteiger partial charge is 0.489 e. The maximum absolute atomic E-state index is 13.2. The van der Waals surface area contributed by atoms with Gasteiger partial charge in [-0.2, -0.15) is 0 Å². The predicted octanol–water partition coefficient (Wildman–Crippen LogP) is 3.75. The van der Waals surface area contributed by atoms with E-state index in [0.717, 1.165) is 44.3 Å². The number of hydrogen-bond donors (Lipinski definition) is 2. The Bertz CT molecular complexity index is 722. The summed E-state index contributed by atoms with van der Waals surface area (Å²) in [5, 5.41) is 6.57. The monoisotopic (exact) mass is 503 g/mol. The molecule has 0 amide bonds. The maximum Gasteiger partial charge on any atom is 0.191 e. The lowest BCUT2D eigenvalue weighted by molar-refractivity contribution is 0.229. The molecule has 8 heteroatoms. The van der Waals surface area contributed by atoms with E-state index in [1.807, 2.05) is 33.2 Å². The molecule has 1 aromatic carbocycles. The Hall–Kier alpha value is -1.84. The van der Waals surface area contributed by atoms with Crippen LogP contribution in [0.3, 0.4) is 0 Å². The number of hydrogen-bond acceptors (Lipinski definition) is 3. The third kappa shape index (κ3) is 8.90. The summed E-state index contributed by atoms with van der Waals surface area (Å²) in [5.41, 5.74) is 0. The zero-order valence-electron chi connectivity index (χ0n) is 16.8. The second-order valence-corrected chi connectivity index (χ2v) is 6.41. The van der Waals surface area contributed by atoms with Gasteiger partial charge in [-0.15, -0.1) is 24.0 Å². The number of ether oxygens (including phenoxy) is 1. The number of benzene rings is 1. The van der Waals surface area contributed by atoms with Crippen molar-refractivity contribution in [1.29, 1.82) is 0 Å². The van der Waals surface area contributed by atoms with Crippen molar-refractivity contribution in [3.05, 3.63) is 48.3 Å². The Morgan fingerprint density at radius 3 is 2.82 bits per heavy atom. The lowest BCUT2D eigenvalue weighted by atomic mass is 10.3. The van der Waals surface area contributed by atoms with Gasteiger partial charge in [0.25, 0.3) is 0 Å². The number of unbranched alkanes of at least 4 members (excludes halogenated alkanes) is 1. The molecule has 0 saturated heterocycles. The summed E-state index contributed by atoms with van der Waals surface area (Å²) in [4.78, 5) is 8.78. The lowest BCUT2D eigenvalue weighted by Gasteiger charge is -2.15. The molecule has 0 aliphatic rings. The van der Waals surface area contributed by atoms with E-state index in [2.05, 4.69) is 25.2 Å². The number of nitrogens with one attached hydrogen (secondary N) is 2. The molecule has 0 radical (unpaired) electrons. The molecule has 0 aliphatic carbocycles. The second kappa shape index (κ2) is 13.4. The molecule has 6 nitrogen and oxygen atoms in total. The highest BCUT2D eigenvalue weighted by Gasteiger charge is 2.05. The fraction of sp³-hybridized carbons (Fsp3) is 0.500. The number of halogens is 2. The van der Waals surface area contributed by atoms with Gasteiger partial charge >= 0.3 is 0 Å². The first-order valence-electron chi connectivity index (χ1n) is 9.50. The first kappa shape index (κ1) is 24.2. The normalized spacial score (nSPS) is 12.2. The Labute approximate surface area is 184 Å². The van der Waals surface area contributed by atoms with E-state index in [-0.39, 0.29) is 35.9 Å². The first-order valence-corrected chi connectivity index (χ1v) is 9.50. The standard InChI is InChI=1S/C20H30FN5O.HI/c1-4-22-20(24-10-5-6-12-26-13-11-23-17(26)3)25-15-16(2)27-19-9-7-8-18(21)14-19;/h7-9,11,13-14,16H,4-6,10,12,15H2,1-3H3,(H2,22,24,25);1H. The van der Waals surface area contributed by atoms with E-state index < -0.39 is 0 Å². The van der Waals surface area contributed by atoms with Crippen molar-refractivity contribution >= 4 is 29.9 Å². The summed E-state index contributed by atoms with van der Waals surface area (Å²) in [5.74, 6) is 2.03. The highest BCUT2D eigenvalue weighted by molar-refractivity contribution is 14.0. The number of nitrogens with zero attached hydrogens (tertiary/aromatic N) is 3. The fourth-order valence-corrected chi connectivity index (χ4v) is 2.63. The Kier molecular flexibility index (Phi) is 11.5. The van der Waals surface area contributed by atoms with Gasteiger partial charge in [-0.1, -0.05) is 6.07 Å². The zero-order chi connectivity index (χ0) is 19.5. The summed E-state index contributed by atoms with van der Waals surface area (Å²) < 4.78 is 21.1. The summed E-state index contributed by atoms with van der Waals surface area (Å²) in [7, 11) is 0. The maximum atomic E-state index is 13.2. The quantitative estimate of drug-likeness (QED) is 0.225. The van der Waals surface area contributed by atoms with Crippen LogP contribution in [0.1, 0.15) is 32.5 Å². The van der Waals surface area contributed by atoms with Crippen LogP contribution < -0.4 is 15.4 Å². The van der Waals surface area contributed by atoms with Crippen molar-refractivity contribution in [2.75, 3.05) is 19.6 Å². The Balaban J connectivity index is 0.00000392. The predicted molar refractivity (Wildman–Crippen MR) is 122 cm³/mol. The van der Waals surface area contributed by atoms with Gasteiger partial charge in [0.15, 0.2) is 5.96 Å². The van der Waals surface area contributed by atoms with Gasteiger partial charge in [-0.25, -0.2) is 14.4 Å². The number of aliphatic imine (C=N–C) groups is 1. The smallest absolute Gasteiger partial charge is 0.191 e. The van der Waals surface area contributed by atoms with Gasteiger partial charge in [0.1, 0.15) is 23.5 Å². The molecular formula is C20H31FIN5O. The van der Waals surface area contributed by atoms with Crippen molar-refractivity contribution in [2.45, 2.75) is 46.3 Å². The molecule has 0 bridgehead atoms. The van der Waals surface area contributed by atoms with Gasteiger partial charge in [0.2, 0.25) is 0 Å².